The number of halogens is 5. The van der Waals surface area contributed by atoms with Crippen molar-refractivity contribution in [2.24, 2.45) is 0 Å². The highest BCUT2D eigenvalue weighted by Crippen LogP contribution is 2.42. The van der Waals surface area contributed by atoms with Gasteiger partial charge in [0.25, 0.3) is 0 Å². The molecule has 0 aliphatic heterocycles. The number of aryl methyl sites for hydroxylation is 1. The third kappa shape index (κ3) is 3.32. The van der Waals surface area contributed by atoms with E-state index in [2.05, 4.69) is 5.10 Å². The Kier molecular flexibility index (Phi) is 4.43. The Balaban J connectivity index is 2.28. The van der Waals surface area contributed by atoms with Gasteiger partial charge in [0.1, 0.15) is 5.82 Å². The normalized spacial score (nSPS) is 11.8. The van der Waals surface area contributed by atoms with Gasteiger partial charge in [0.2, 0.25) is 0 Å². The standard InChI is InChI=1S/C17H12Cl2F3N3/c1-9-3-2-4-11(7-9)25-16(23)14(15(24-25)17(20,21)22)10-5-6-12(18)13(19)8-10/h2-8H,23H2,1H3. The fourth-order valence-electron chi connectivity index (χ4n) is 2.52. The number of nitrogen functional groups attached to an aromatic ring is 1. The second-order valence-electron chi connectivity index (χ2n) is 5.49. The van der Waals surface area contributed by atoms with Crippen molar-refractivity contribution in [3.8, 4) is 16.8 Å². The minimum Gasteiger partial charge on any atom is -0.383 e. The van der Waals surface area contributed by atoms with E-state index in [1.165, 1.54) is 18.2 Å². The number of benzene rings is 2. The van der Waals surface area contributed by atoms with Gasteiger partial charge < -0.3 is 5.73 Å². The number of nitrogens with two attached hydrogens (primary N) is 1. The second-order valence-corrected chi connectivity index (χ2v) is 6.30. The summed E-state index contributed by atoms with van der Waals surface area (Å²) in [4.78, 5) is 0. The molecule has 1 aromatic heterocycles. The smallest absolute Gasteiger partial charge is 0.383 e. The molecule has 0 spiro atoms. The molecule has 0 fully saturated rings. The summed E-state index contributed by atoms with van der Waals surface area (Å²) in [6.45, 7) is 1.83. The van der Waals surface area contributed by atoms with Gasteiger partial charge in [0, 0.05) is 0 Å². The van der Waals surface area contributed by atoms with E-state index in [1.54, 1.807) is 18.2 Å². The Labute approximate surface area is 151 Å². The Morgan fingerprint density at radius 2 is 1.76 bits per heavy atom. The van der Waals surface area contributed by atoms with E-state index < -0.39 is 11.9 Å². The van der Waals surface area contributed by atoms with E-state index >= 15 is 0 Å². The summed E-state index contributed by atoms with van der Waals surface area (Å²) in [7, 11) is 0. The Morgan fingerprint density at radius 3 is 2.36 bits per heavy atom. The summed E-state index contributed by atoms with van der Waals surface area (Å²) >= 11 is 11.8. The lowest BCUT2D eigenvalue weighted by molar-refractivity contribution is -0.140. The van der Waals surface area contributed by atoms with Crippen molar-refractivity contribution in [2.45, 2.75) is 13.1 Å². The van der Waals surface area contributed by atoms with E-state index in [9.17, 15) is 13.2 Å². The fraction of sp³-hybridized carbons (Fsp3) is 0.118. The van der Waals surface area contributed by atoms with Crippen LogP contribution in [-0.4, -0.2) is 9.78 Å². The van der Waals surface area contributed by atoms with Crippen LogP contribution in [0.2, 0.25) is 10.0 Å². The molecule has 0 aliphatic carbocycles. The number of hydrogen-bond acceptors (Lipinski definition) is 2. The first kappa shape index (κ1) is 17.6. The molecule has 1 heterocycles. The lowest BCUT2D eigenvalue weighted by Crippen LogP contribution is -2.08. The third-order valence-electron chi connectivity index (χ3n) is 3.64. The summed E-state index contributed by atoms with van der Waals surface area (Å²) in [5.41, 5.74) is 6.22. The lowest BCUT2D eigenvalue weighted by atomic mass is 10.1. The zero-order valence-corrected chi connectivity index (χ0v) is 14.4. The van der Waals surface area contributed by atoms with Crippen molar-refractivity contribution < 1.29 is 13.2 Å². The summed E-state index contributed by atoms with van der Waals surface area (Å²) in [5, 5.41) is 4.09. The van der Waals surface area contributed by atoms with Crippen LogP contribution in [0, 0.1) is 6.92 Å². The van der Waals surface area contributed by atoms with Crippen molar-refractivity contribution in [2.75, 3.05) is 5.73 Å². The molecule has 3 rings (SSSR count). The molecule has 130 valence electrons. The van der Waals surface area contributed by atoms with Crippen LogP contribution in [0.5, 0.6) is 0 Å². The largest absolute Gasteiger partial charge is 0.435 e. The fourth-order valence-corrected chi connectivity index (χ4v) is 2.82. The van der Waals surface area contributed by atoms with Crippen molar-refractivity contribution >= 4 is 29.0 Å². The van der Waals surface area contributed by atoms with Crippen molar-refractivity contribution in [1.29, 1.82) is 0 Å². The molecule has 2 aromatic carbocycles. The van der Waals surface area contributed by atoms with Gasteiger partial charge in [0.05, 0.1) is 21.3 Å². The molecule has 3 nitrogen and oxygen atoms in total. The van der Waals surface area contributed by atoms with Crippen LogP contribution in [0.25, 0.3) is 16.8 Å². The van der Waals surface area contributed by atoms with Crippen molar-refractivity contribution in [1.82, 2.24) is 9.78 Å². The Morgan fingerprint density at radius 1 is 1.04 bits per heavy atom. The predicted molar refractivity (Wildman–Crippen MR) is 93.2 cm³/mol. The minimum atomic E-state index is -4.68. The van der Waals surface area contributed by atoms with Gasteiger partial charge in [-0.1, -0.05) is 41.4 Å². The molecule has 0 saturated carbocycles. The van der Waals surface area contributed by atoms with E-state index in [4.69, 9.17) is 28.9 Å². The molecule has 3 aromatic rings. The molecule has 0 amide bonds. The van der Waals surface area contributed by atoms with Crippen LogP contribution in [0.15, 0.2) is 42.5 Å². The summed E-state index contributed by atoms with van der Waals surface area (Å²) in [6.07, 6.45) is -4.68. The number of nitrogens with zero attached hydrogens (tertiary/aromatic N) is 2. The van der Waals surface area contributed by atoms with Gasteiger partial charge in [-0.25, -0.2) is 4.68 Å². The molecular formula is C17H12Cl2F3N3. The maximum absolute atomic E-state index is 13.5. The first-order chi connectivity index (χ1) is 11.7. The van der Waals surface area contributed by atoms with Crippen LogP contribution in [0.3, 0.4) is 0 Å². The van der Waals surface area contributed by atoms with Crippen LogP contribution >= 0.6 is 23.2 Å². The lowest BCUT2D eigenvalue weighted by Gasteiger charge is -2.08. The molecule has 0 radical (unpaired) electrons. The second kappa shape index (κ2) is 6.28. The average molecular weight is 386 g/mol. The zero-order valence-electron chi connectivity index (χ0n) is 12.9. The Bertz CT molecular complexity index is 949. The van der Waals surface area contributed by atoms with Gasteiger partial charge in [-0.3, -0.25) is 0 Å². The van der Waals surface area contributed by atoms with Gasteiger partial charge >= 0.3 is 6.18 Å². The zero-order chi connectivity index (χ0) is 18.4. The monoisotopic (exact) mass is 385 g/mol. The molecule has 2 N–H and O–H groups in total. The van der Waals surface area contributed by atoms with Crippen molar-refractivity contribution in [3.63, 3.8) is 0 Å². The molecule has 0 atom stereocenters. The molecule has 0 saturated heterocycles. The number of rotatable bonds is 2. The first-order valence-electron chi connectivity index (χ1n) is 7.16. The third-order valence-corrected chi connectivity index (χ3v) is 4.38. The van der Waals surface area contributed by atoms with Gasteiger partial charge in [0.15, 0.2) is 5.69 Å². The highest BCUT2D eigenvalue weighted by Gasteiger charge is 2.39. The van der Waals surface area contributed by atoms with E-state index in [-0.39, 0.29) is 27.0 Å². The predicted octanol–water partition coefficient (Wildman–Crippen LogP) is 5.76. The molecular weight excluding hydrogens is 374 g/mol. The van der Waals surface area contributed by atoms with E-state index in [1.807, 2.05) is 13.0 Å². The molecule has 0 unspecified atom stereocenters. The van der Waals surface area contributed by atoms with Crippen LogP contribution in [0.4, 0.5) is 19.0 Å². The van der Waals surface area contributed by atoms with Gasteiger partial charge in [-0.15, -0.1) is 0 Å². The number of anilines is 1. The highest BCUT2D eigenvalue weighted by molar-refractivity contribution is 6.42. The van der Waals surface area contributed by atoms with Crippen LogP contribution in [0.1, 0.15) is 11.3 Å². The first-order valence-corrected chi connectivity index (χ1v) is 7.92. The summed E-state index contributed by atoms with van der Waals surface area (Å²) in [5.74, 6) is -0.128. The minimum absolute atomic E-state index is 0.128. The maximum Gasteiger partial charge on any atom is 0.435 e. The quantitative estimate of drug-likeness (QED) is 0.609. The molecule has 8 heteroatoms. The number of aromatic nitrogens is 2. The number of alkyl halides is 3. The number of hydrogen-bond donors (Lipinski definition) is 1. The summed E-state index contributed by atoms with van der Waals surface area (Å²) < 4.78 is 41.6. The SMILES string of the molecule is Cc1cccc(-n2nc(C(F)(F)F)c(-c3ccc(Cl)c(Cl)c3)c2N)c1. The molecule has 0 aliphatic rings. The van der Waals surface area contributed by atoms with Crippen LogP contribution < -0.4 is 5.73 Å². The highest BCUT2D eigenvalue weighted by atomic mass is 35.5. The van der Waals surface area contributed by atoms with Gasteiger partial charge in [-0.2, -0.15) is 18.3 Å². The van der Waals surface area contributed by atoms with E-state index in [0.717, 1.165) is 10.2 Å². The molecule has 25 heavy (non-hydrogen) atoms. The molecule has 0 bridgehead atoms. The van der Waals surface area contributed by atoms with Gasteiger partial charge in [-0.05, 0) is 42.3 Å². The topological polar surface area (TPSA) is 43.8 Å². The average Bonchev–Trinajstić information content (AvgIpc) is 2.88. The van der Waals surface area contributed by atoms with E-state index in [0.29, 0.717) is 5.69 Å². The van der Waals surface area contributed by atoms with Crippen molar-refractivity contribution in [3.05, 3.63) is 63.8 Å². The maximum atomic E-state index is 13.5. The summed E-state index contributed by atoms with van der Waals surface area (Å²) in [6, 6.07) is 11.1. The Hall–Kier alpha value is -2.18. The van der Waals surface area contributed by atoms with Crippen LogP contribution in [-0.2, 0) is 6.18 Å².